The van der Waals surface area contributed by atoms with E-state index in [2.05, 4.69) is 93.6 Å². The zero-order chi connectivity index (χ0) is 20.4. The van der Waals surface area contributed by atoms with Crippen molar-refractivity contribution in [3.63, 3.8) is 0 Å². The van der Waals surface area contributed by atoms with Crippen LogP contribution in [0.4, 0.5) is 0 Å². The number of thioether (sulfide) groups is 2. The van der Waals surface area contributed by atoms with Crippen LogP contribution in [-0.4, -0.2) is 44.3 Å². The van der Waals surface area contributed by atoms with E-state index in [4.69, 9.17) is 0 Å². The molecule has 0 aromatic rings. The molecule has 0 spiro atoms. The lowest BCUT2D eigenvalue weighted by molar-refractivity contribution is 0.519. The topological polar surface area (TPSA) is 0 Å². The van der Waals surface area contributed by atoms with Gasteiger partial charge >= 0.3 is 0 Å². The van der Waals surface area contributed by atoms with Crippen LogP contribution in [0.1, 0.15) is 64.7 Å². The molecule has 0 radical (unpaired) electrons. The summed E-state index contributed by atoms with van der Waals surface area (Å²) < 4.78 is 0.322. The molecular formula is C20H42S7. The third-order valence-electron chi connectivity index (χ3n) is 4.90. The molecule has 0 saturated heterocycles. The van der Waals surface area contributed by atoms with Crippen molar-refractivity contribution in [1.82, 2.24) is 0 Å². The molecule has 0 aliphatic carbocycles. The summed E-state index contributed by atoms with van der Waals surface area (Å²) in [5.74, 6) is 9.00. The van der Waals surface area contributed by atoms with E-state index in [9.17, 15) is 0 Å². The van der Waals surface area contributed by atoms with E-state index in [0.29, 0.717) is 4.08 Å². The molecule has 0 nitrogen and oxygen atoms in total. The predicted molar refractivity (Wildman–Crippen MR) is 151 cm³/mol. The molecule has 0 saturated carbocycles. The van der Waals surface area contributed by atoms with Crippen LogP contribution in [0.5, 0.6) is 0 Å². The molecular weight excluding hydrogens is 465 g/mol. The van der Waals surface area contributed by atoms with Crippen LogP contribution in [0.25, 0.3) is 0 Å². The Balaban J connectivity index is 4.93. The molecule has 0 fully saturated rings. The van der Waals surface area contributed by atoms with Crippen molar-refractivity contribution in [3.05, 3.63) is 0 Å². The van der Waals surface area contributed by atoms with Crippen LogP contribution < -0.4 is 0 Å². The van der Waals surface area contributed by atoms with Crippen LogP contribution >= 0.6 is 86.7 Å². The van der Waals surface area contributed by atoms with Gasteiger partial charge in [0.15, 0.2) is 0 Å². The van der Waals surface area contributed by atoms with E-state index in [1.165, 1.54) is 69.3 Å². The minimum atomic E-state index is 0.322. The zero-order valence-corrected chi connectivity index (χ0v) is 23.1. The van der Waals surface area contributed by atoms with Crippen LogP contribution in [0.3, 0.4) is 0 Å². The van der Waals surface area contributed by atoms with Crippen molar-refractivity contribution in [2.45, 2.75) is 68.8 Å². The zero-order valence-electron chi connectivity index (χ0n) is 17.0. The Bertz CT molecular complexity index is 285. The highest BCUT2D eigenvalue weighted by molar-refractivity contribution is 8.18. The van der Waals surface area contributed by atoms with Crippen molar-refractivity contribution >= 4 is 86.7 Å². The van der Waals surface area contributed by atoms with Gasteiger partial charge in [-0.1, -0.05) is 13.3 Å². The first-order chi connectivity index (χ1) is 13.1. The van der Waals surface area contributed by atoms with Gasteiger partial charge in [0.25, 0.3) is 0 Å². The largest absolute Gasteiger partial charge is 0.179 e. The Kier molecular flexibility index (Phi) is 22.2. The molecule has 0 aromatic carbocycles. The molecule has 0 aliphatic rings. The monoisotopic (exact) mass is 506 g/mol. The van der Waals surface area contributed by atoms with Gasteiger partial charge in [0.05, 0.1) is 4.08 Å². The highest BCUT2D eigenvalue weighted by atomic mass is 32.2. The molecule has 0 heterocycles. The van der Waals surface area contributed by atoms with Gasteiger partial charge in [-0.25, -0.2) is 0 Å². The molecule has 2 unspecified atom stereocenters. The van der Waals surface area contributed by atoms with Crippen LogP contribution in [0.15, 0.2) is 0 Å². The number of thiol groups is 5. The Morgan fingerprint density at radius 1 is 0.630 bits per heavy atom. The quantitative estimate of drug-likeness (QED) is 0.0853. The van der Waals surface area contributed by atoms with E-state index in [-0.39, 0.29) is 0 Å². The lowest BCUT2D eigenvalue weighted by Crippen LogP contribution is -2.25. The van der Waals surface area contributed by atoms with Gasteiger partial charge in [0, 0.05) is 0 Å². The first-order valence-electron chi connectivity index (χ1n) is 10.4. The Morgan fingerprint density at radius 2 is 1.11 bits per heavy atom. The Labute approximate surface area is 206 Å². The molecule has 0 aromatic heterocycles. The van der Waals surface area contributed by atoms with Gasteiger partial charge in [-0.2, -0.15) is 63.1 Å². The second-order valence-electron chi connectivity index (χ2n) is 7.24. The van der Waals surface area contributed by atoms with Gasteiger partial charge in [-0.15, -0.1) is 23.5 Å². The van der Waals surface area contributed by atoms with E-state index >= 15 is 0 Å². The van der Waals surface area contributed by atoms with Gasteiger partial charge in [-0.3, -0.25) is 0 Å². The Hall–Kier alpha value is 2.45. The van der Waals surface area contributed by atoms with Gasteiger partial charge in [0.2, 0.25) is 0 Å². The summed E-state index contributed by atoms with van der Waals surface area (Å²) >= 11 is 26.9. The maximum absolute atomic E-state index is 4.62. The predicted octanol–water partition coefficient (Wildman–Crippen LogP) is 7.56. The Morgan fingerprint density at radius 3 is 1.44 bits per heavy atom. The third kappa shape index (κ3) is 15.0. The third-order valence-corrected chi connectivity index (χ3v) is 10.1. The maximum atomic E-state index is 4.62. The van der Waals surface area contributed by atoms with E-state index < -0.39 is 0 Å². The minimum absolute atomic E-state index is 0.322. The second-order valence-corrected chi connectivity index (χ2v) is 12.5. The second kappa shape index (κ2) is 20.4. The van der Waals surface area contributed by atoms with Gasteiger partial charge in [-0.05, 0) is 103 Å². The van der Waals surface area contributed by atoms with Crippen LogP contribution in [0.2, 0.25) is 0 Å². The average Bonchev–Trinajstić information content (AvgIpc) is 2.66. The fraction of sp³-hybridized carbons (Fsp3) is 1.00. The van der Waals surface area contributed by atoms with Crippen molar-refractivity contribution in [3.8, 4) is 0 Å². The fourth-order valence-electron chi connectivity index (χ4n) is 3.29. The van der Waals surface area contributed by atoms with Gasteiger partial charge < -0.3 is 0 Å². The van der Waals surface area contributed by atoms with E-state index in [0.717, 1.165) is 40.6 Å². The maximum Gasteiger partial charge on any atom is 0.0618 e. The lowest BCUT2D eigenvalue weighted by atomic mass is 10.0. The fourth-order valence-corrected chi connectivity index (χ4v) is 8.75. The molecule has 27 heavy (non-hydrogen) atoms. The van der Waals surface area contributed by atoms with E-state index in [1.54, 1.807) is 0 Å². The summed E-state index contributed by atoms with van der Waals surface area (Å²) in [5, 5.41) is 0. The molecule has 164 valence electrons. The standard InChI is InChI=1S/C20H42S7/c1-2-9-20(10-15-25,26-16-18(7-13-23)5-3-11-21)27-17-19(8-14-24)6-4-12-22/h18-19,21-25H,2-17H2,1H3. The summed E-state index contributed by atoms with van der Waals surface area (Å²) in [6.07, 6.45) is 11.2. The van der Waals surface area contributed by atoms with Crippen molar-refractivity contribution in [2.24, 2.45) is 11.8 Å². The minimum Gasteiger partial charge on any atom is -0.179 e. The molecule has 0 bridgehead atoms. The van der Waals surface area contributed by atoms with Crippen molar-refractivity contribution in [2.75, 3.05) is 40.3 Å². The summed E-state index contributed by atoms with van der Waals surface area (Å²) in [4.78, 5) is 0. The first-order valence-corrected chi connectivity index (χ1v) is 15.6. The van der Waals surface area contributed by atoms with Crippen molar-refractivity contribution in [1.29, 1.82) is 0 Å². The molecule has 0 N–H and O–H groups in total. The number of rotatable bonds is 20. The van der Waals surface area contributed by atoms with Crippen molar-refractivity contribution < 1.29 is 0 Å². The highest BCUT2D eigenvalue weighted by Gasteiger charge is 2.31. The number of hydrogen-bond donors (Lipinski definition) is 5. The average molecular weight is 507 g/mol. The summed E-state index contributed by atoms with van der Waals surface area (Å²) in [5.41, 5.74) is 0. The molecule has 0 rings (SSSR count). The summed E-state index contributed by atoms with van der Waals surface area (Å²) in [6, 6.07) is 0. The number of hydrogen-bond acceptors (Lipinski definition) is 7. The van der Waals surface area contributed by atoms with Gasteiger partial charge in [0.1, 0.15) is 0 Å². The molecule has 0 amide bonds. The smallest absolute Gasteiger partial charge is 0.0618 e. The molecule has 7 heteroatoms. The van der Waals surface area contributed by atoms with Crippen LogP contribution in [-0.2, 0) is 0 Å². The van der Waals surface area contributed by atoms with Crippen LogP contribution in [0, 0.1) is 11.8 Å². The summed E-state index contributed by atoms with van der Waals surface area (Å²) in [6.45, 7) is 2.33. The highest BCUT2D eigenvalue weighted by Crippen LogP contribution is 2.47. The van der Waals surface area contributed by atoms with E-state index in [1.807, 2.05) is 0 Å². The SMILES string of the molecule is CCCC(CCS)(SCC(CCS)CCCS)SCC(CCS)CCCS. The normalized spacial score (nSPS) is 16.2. The first kappa shape index (κ1) is 29.5. The summed E-state index contributed by atoms with van der Waals surface area (Å²) in [7, 11) is 0. The molecule has 0 aliphatic heterocycles. The molecule has 2 atom stereocenters. The lowest BCUT2D eigenvalue weighted by Gasteiger charge is -2.35.